The molecule has 0 bridgehead atoms. The first-order chi connectivity index (χ1) is 7.54. The highest BCUT2D eigenvalue weighted by Crippen LogP contribution is 2.30. The van der Waals surface area contributed by atoms with Gasteiger partial charge in [0.05, 0.1) is 11.1 Å². The molecule has 16 heavy (non-hydrogen) atoms. The summed E-state index contributed by atoms with van der Waals surface area (Å²) in [5.41, 5.74) is 4.53. The molecule has 1 aliphatic carbocycles. The van der Waals surface area contributed by atoms with E-state index >= 15 is 0 Å². The monoisotopic (exact) mass is 228 g/mol. The summed E-state index contributed by atoms with van der Waals surface area (Å²) in [6.45, 7) is 1.40. The smallest absolute Gasteiger partial charge is 0.240 e. The van der Waals surface area contributed by atoms with Gasteiger partial charge in [-0.25, -0.2) is 0 Å². The van der Waals surface area contributed by atoms with Crippen LogP contribution in [0, 0.1) is 0 Å². The van der Waals surface area contributed by atoms with Gasteiger partial charge >= 0.3 is 0 Å². The Hall–Kier alpha value is -0.650. The van der Waals surface area contributed by atoms with Crippen molar-refractivity contribution in [1.29, 1.82) is 0 Å². The number of nitrogens with two attached hydrogens (primary N) is 1. The molecule has 5 nitrogen and oxygen atoms in total. The lowest BCUT2D eigenvalue weighted by atomic mass is 9.80. The third-order valence-corrected chi connectivity index (χ3v) is 3.70. The Balaban J connectivity index is 1.82. The van der Waals surface area contributed by atoms with Crippen molar-refractivity contribution in [2.24, 2.45) is 5.73 Å². The Kier molecular flexibility index (Phi) is 3.19. The zero-order valence-corrected chi connectivity index (χ0v) is 9.50. The first-order valence-electron chi connectivity index (χ1n) is 5.92. The van der Waals surface area contributed by atoms with Gasteiger partial charge in [0.1, 0.15) is 0 Å². The topological polar surface area (TPSA) is 84.6 Å². The Morgan fingerprint density at radius 2 is 1.94 bits per heavy atom. The molecule has 1 aliphatic heterocycles. The Labute approximate surface area is 95.3 Å². The van der Waals surface area contributed by atoms with Crippen molar-refractivity contribution in [3.8, 4) is 0 Å². The molecule has 1 heterocycles. The summed E-state index contributed by atoms with van der Waals surface area (Å²) >= 11 is 0. The Bertz CT molecular complexity index is 270. The largest absolute Gasteiger partial charge is 0.388 e. The van der Waals surface area contributed by atoms with Crippen LogP contribution in [-0.2, 0) is 9.53 Å². The molecule has 2 rings (SSSR count). The lowest BCUT2D eigenvalue weighted by Crippen LogP contribution is -2.59. The van der Waals surface area contributed by atoms with Crippen molar-refractivity contribution < 1.29 is 14.6 Å². The molecule has 0 aromatic heterocycles. The van der Waals surface area contributed by atoms with E-state index in [-0.39, 0.29) is 5.91 Å². The number of carbonyl (C=O) groups excluding carboxylic acids is 1. The number of nitrogens with one attached hydrogen (secondary N) is 1. The lowest BCUT2D eigenvalue weighted by molar-refractivity contribution is -0.132. The highest BCUT2D eigenvalue weighted by atomic mass is 16.5. The van der Waals surface area contributed by atoms with Crippen molar-refractivity contribution in [3.63, 3.8) is 0 Å². The summed E-state index contributed by atoms with van der Waals surface area (Å²) in [5.74, 6) is -0.156. The normalized spacial score (nSPS) is 26.9. The highest BCUT2D eigenvalue weighted by Gasteiger charge is 2.39. The molecule has 0 aromatic carbocycles. The van der Waals surface area contributed by atoms with E-state index in [1.165, 1.54) is 0 Å². The molecule has 2 aliphatic rings. The lowest BCUT2D eigenvalue weighted by Gasteiger charge is -2.38. The molecule has 0 spiro atoms. The summed E-state index contributed by atoms with van der Waals surface area (Å²) in [4.78, 5) is 11.9. The van der Waals surface area contributed by atoms with Gasteiger partial charge in [-0.1, -0.05) is 0 Å². The molecule has 0 unspecified atom stereocenters. The first kappa shape index (κ1) is 11.8. The van der Waals surface area contributed by atoms with Gasteiger partial charge in [0.25, 0.3) is 0 Å². The molecule has 0 aromatic rings. The van der Waals surface area contributed by atoms with Crippen LogP contribution in [-0.4, -0.2) is 41.9 Å². The summed E-state index contributed by atoms with van der Waals surface area (Å²) in [7, 11) is 0. The summed E-state index contributed by atoms with van der Waals surface area (Å²) in [6, 6.07) is 0. The number of amides is 1. The molecule has 92 valence electrons. The second kappa shape index (κ2) is 4.31. The highest BCUT2D eigenvalue weighted by molar-refractivity contribution is 5.86. The number of aliphatic hydroxyl groups is 1. The van der Waals surface area contributed by atoms with Crippen molar-refractivity contribution in [2.75, 3.05) is 19.8 Å². The van der Waals surface area contributed by atoms with Crippen molar-refractivity contribution in [3.05, 3.63) is 0 Å². The number of ether oxygens (including phenoxy) is 1. The molecule has 1 saturated carbocycles. The molecule has 2 fully saturated rings. The van der Waals surface area contributed by atoms with Crippen LogP contribution in [0.25, 0.3) is 0 Å². The van der Waals surface area contributed by atoms with E-state index in [0.29, 0.717) is 32.6 Å². The van der Waals surface area contributed by atoms with E-state index in [1.807, 2.05) is 0 Å². The van der Waals surface area contributed by atoms with E-state index in [4.69, 9.17) is 10.5 Å². The predicted octanol–water partition coefficient (Wildman–Crippen LogP) is -0.475. The summed E-state index contributed by atoms with van der Waals surface area (Å²) in [6.07, 6.45) is 3.68. The van der Waals surface area contributed by atoms with E-state index in [9.17, 15) is 9.90 Å². The van der Waals surface area contributed by atoms with Gasteiger partial charge in [0.2, 0.25) is 5.91 Å². The van der Waals surface area contributed by atoms with Gasteiger partial charge in [-0.2, -0.15) is 0 Å². The predicted molar refractivity (Wildman–Crippen MR) is 58.8 cm³/mol. The number of hydrogen-bond acceptors (Lipinski definition) is 4. The minimum Gasteiger partial charge on any atom is -0.388 e. The van der Waals surface area contributed by atoms with E-state index in [0.717, 1.165) is 19.3 Å². The zero-order chi connectivity index (χ0) is 11.6. The van der Waals surface area contributed by atoms with Gasteiger partial charge in [-0.15, -0.1) is 0 Å². The van der Waals surface area contributed by atoms with Crippen molar-refractivity contribution in [2.45, 2.75) is 43.2 Å². The SMILES string of the molecule is NC1(C(=O)NCC2(O)CCC2)CCOCC1. The molecule has 1 saturated heterocycles. The van der Waals surface area contributed by atoms with Crippen LogP contribution < -0.4 is 11.1 Å². The van der Waals surface area contributed by atoms with Crippen LogP contribution >= 0.6 is 0 Å². The van der Waals surface area contributed by atoms with Gasteiger partial charge in [-0.05, 0) is 32.1 Å². The van der Waals surface area contributed by atoms with Crippen LogP contribution in [0.2, 0.25) is 0 Å². The number of carbonyl (C=O) groups is 1. The fourth-order valence-electron chi connectivity index (χ4n) is 2.15. The molecular formula is C11H20N2O3. The maximum Gasteiger partial charge on any atom is 0.240 e. The van der Waals surface area contributed by atoms with Crippen LogP contribution in [0.3, 0.4) is 0 Å². The maximum absolute atomic E-state index is 11.9. The second-order valence-corrected chi connectivity index (χ2v) is 5.03. The fraction of sp³-hybridized carbons (Fsp3) is 0.909. The van der Waals surface area contributed by atoms with Gasteiger partial charge in [0, 0.05) is 19.8 Å². The third-order valence-electron chi connectivity index (χ3n) is 3.70. The maximum atomic E-state index is 11.9. The fourth-order valence-corrected chi connectivity index (χ4v) is 2.15. The van der Waals surface area contributed by atoms with E-state index < -0.39 is 11.1 Å². The van der Waals surface area contributed by atoms with Crippen molar-refractivity contribution >= 4 is 5.91 Å². The molecule has 0 atom stereocenters. The minimum atomic E-state index is -0.807. The van der Waals surface area contributed by atoms with Crippen LogP contribution in [0.5, 0.6) is 0 Å². The first-order valence-corrected chi connectivity index (χ1v) is 5.92. The van der Waals surface area contributed by atoms with Crippen LogP contribution in [0.15, 0.2) is 0 Å². The van der Waals surface area contributed by atoms with Gasteiger partial charge in [-0.3, -0.25) is 4.79 Å². The third kappa shape index (κ3) is 2.36. The van der Waals surface area contributed by atoms with Crippen LogP contribution in [0.1, 0.15) is 32.1 Å². The van der Waals surface area contributed by atoms with Crippen LogP contribution in [0.4, 0.5) is 0 Å². The number of hydrogen-bond donors (Lipinski definition) is 3. The molecule has 0 radical (unpaired) electrons. The van der Waals surface area contributed by atoms with Gasteiger partial charge in [0.15, 0.2) is 0 Å². The molecule has 1 amide bonds. The molecular weight excluding hydrogens is 208 g/mol. The quantitative estimate of drug-likeness (QED) is 0.609. The number of rotatable bonds is 3. The zero-order valence-electron chi connectivity index (χ0n) is 9.50. The Morgan fingerprint density at radius 3 is 2.44 bits per heavy atom. The average Bonchev–Trinajstić information content (AvgIpc) is 2.24. The molecule has 4 N–H and O–H groups in total. The van der Waals surface area contributed by atoms with Gasteiger partial charge < -0.3 is 20.9 Å². The standard InChI is InChI=1S/C11H20N2O3/c12-11(4-6-16-7-5-11)9(14)13-8-10(15)2-1-3-10/h15H,1-8,12H2,(H,13,14). The summed E-state index contributed by atoms with van der Waals surface area (Å²) in [5, 5.41) is 12.6. The minimum absolute atomic E-state index is 0.156. The van der Waals surface area contributed by atoms with E-state index in [2.05, 4.69) is 5.32 Å². The Morgan fingerprint density at radius 1 is 1.31 bits per heavy atom. The van der Waals surface area contributed by atoms with E-state index in [1.54, 1.807) is 0 Å². The van der Waals surface area contributed by atoms with Crippen molar-refractivity contribution in [1.82, 2.24) is 5.32 Å². The second-order valence-electron chi connectivity index (χ2n) is 5.03. The molecule has 5 heteroatoms. The average molecular weight is 228 g/mol. The summed E-state index contributed by atoms with van der Waals surface area (Å²) < 4.78 is 5.18.